The van der Waals surface area contributed by atoms with Crippen LogP contribution in [0.4, 0.5) is 5.82 Å². The number of fused-ring (bicyclic) bond motifs is 1. The third-order valence-corrected chi connectivity index (χ3v) is 3.59. The molecule has 6 nitrogen and oxygen atoms in total. The first-order chi connectivity index (χ1) is 9.74. The van der Waals surface area contributed by atoms with E-state index in [0.717, 1.165) is 49.7 Å². The highest BCUT2D eigenvalue weighted by Crippen LogP contribution is 2.23. The summed E-state index contributed by atoms with van der Waals surface area (Å²) in [6, 6.07) is 2.04. The van der Waals surface area contributed by atoms with Crippen LogP contribution in [0, 0.1) is 5.92 Å². The van der Waals surface area contributed by atoms with Gasteiger partial charge in [-0.2, -0.15) is 0 Å². The summed E-state index contributed by atoms with van der Waals surface area (Å²) in [5.74, 6) is 1.50. The molecule has 20 heavy (non-hydrogen) atoms. The number of H-pyrrole nitrogens is 1. The van der Waals surface area contributed by atoms with Crippen molar-refractivity contribution in [3.63, 3.8) is 0 Å². The summed E-state index contributed by atoms with van der Waals surface area (Å²) in [6.07, 6.45) is 3.54. The van der Waals surface area contributed by atoms with Gasteiger partial charge >= 0.3 is 0 Å². The molecule has 0 amide bonds. The van der Waals surface area contributed by atoms with Crippen LogP contribution in [0.1, 0.15) is 0 Å². The van der Waals surface area contributed by atoms with Gasteiger partial charge in [-0.1, -0.05) is 0 Å². The smallest absolute Gasteiger partial charge is 0.142 e. The molecule has 1 atom stereocenters. The van der Waals surface area contributed by atoms with E-state index in [-0.39, 0.29) is 0 Å². The second-order valence-corrected chi connectivity index (χ2v) is 5.59. The van der Waals surface area contributed by atoms with Crippen molar-refractivity contribution >= 4 is 16.9 Å². The monoisotopic (exact) mass is 275 g/mol. The summed E-state index contributed by atoms with van der Waals surface area (Å²) in [5, 5.41) is 1.08. The van der Waals surface area contributed by atoms with Crippen molar-refractivity contribution in [1.82, 2.24) is 19.9 Å². The van der Waals surface area contributed by atoms with E-state index in [4.69, 9.17) is 4.74 Å². The van der Waals surface area contributed by atoms with Crippen molar-refractivity contribution in [2.75, 3.05) is 51.8 Å². The zero-order valence-corrected chi connectivity index (χ0v) is 12.0. The lowest BCUT2D eigenvalue weighted by Crippen LogP contribution is -2.35. The van der Waals surface area contributed by atoms with Crippen molar-refractivity contribution < 1.29 is 4.74 Å². The maximum absolute atomic E-state index is 5.73. The molecule has 0 spiro atoms. The van der Waals surface area contributed by atoms with Crippen LogP contribution in [0.25, 0.3) is 11.0 Å². The molecule has 3 rings (SSSR count). The number of aromatic nitrogens is 3. The Labute approximate surface area is 118 Å². The predicted octanol–water partition coefficient (Wildman–Crippen LogP) is 0.972. The Bertz CT molecular complexity index is 567. The van der Waals surface area contributed by atoms with Crippen LogP contribution in [-0.4, -0.2) is 66.8 Å². The summed E-state index contributed by atoms with van der Waals surface area (Å²) < 4.78 is 5.73. The molecule has 0 radical (unpaired) electrons. The van der Waals surface area contributed by atoms with Crippen LogP contribution < -0.4 is 4.90 Å². The second-order valence-electron chi connectivity index (χ2n) is 5.59. The Morgan fingerprint density at radius 2 is 2.35 bits per heavy atom. The largest absolute Gasteiger partial charge is 0.379 e. The van der Waals surface area contributed by atoms with E-state index in [9.17, 15) is 0 Å². The van der Waals surface area contributed by atoms with Crippen LogP contribution in [-0.2, 0) is 4.74 Å². The summed E-state index contributed by atoms with van der Waals surface area (Å²) in [4.78, 5) is 16.4. The number of anilines is 1. The van der Waals surface area contributed by atoms with Gasteiger partial charge in [-0.05, 0) is 20.2 Å². The fourth-order valence-electron chi connectivity index (χ4n) is 2.81. The lowest BCUT2D eigenvalue weighted by Gasteiger charge is -2.26. The molecule has 2 aromatic heterocycles. The molecule has 6 heteroatoms. The molecule has 1 aliphatic heterocycles. The van der Waals surface area contributed by atoms with Crippen molar-refractivity contribution in [3.05, 3.63) is 18.6 Å². The van der Waals surface area contributed by atoms with E-state index < -0.39 is 0 Å². The van der Waals surface area contributed by atoms with Gasteiger partial charge in [0.15, 0.2) is 0 Å². The summed E-state index contributed by atoms with van der Waals surface area (Å²) in [6.45, 7) is 4.43. The molecule has 0 aromatic carbocycles. The number of nitrogens with zero attached hydrogens (tertiary/aromatic N) is 4. The van der Waals surface area contributed by atoms with E-state index in [2.05, 4.69) is 38.8 Å². The van der Waals surface area contributed by atoms with Crippen LogP contribution >= 0.6 is 0 Å². The molecule has 1 N–H and O–H groups in total. The van der Waals surface area contributed by atoms with Gasteiger partial charge in [-0.3, -0.25) is 0 Å². The summed E-state index contributed by atoms with van der Waals surface area (Å²) in [7, 11) is 4.20. The van der Waals surface area contributed by atoms with E-state index in [0.29, 0.717) is 5.92 Å². The topological polar surface area (TPSA) is 57.3 Å². The number of nitrogens with one attached hydrogen (secondary N) is 1. The molecule has 1 unspecified atom stereocenters. The minimum atomic E-state index is 0.497. The number of ether oxygens (including phenoxy) is 1. The highest BCUT2D eigenvalue weighted by molar-refractivity contribution is 5.87. The lowest BCUT2D eigenvalue weighted by atomic mass is 10.1. The fraction of sp³-hybridized carbons (Fsp3) is 0.571. The molecule has 1 aliphatic rings. The third-order valence-electron chi connectivity index (χ3n) is 3.59. The van der Waals surface area contributed by atoms with E-state index in [1.807, 2.05) is 12.3 Å². The maximum atomic E-state index is 5.73. The molecule has 0 aliphatic carbocycles. The van der Waals surface area contributed by atoms with E-state index >= 15 is 0 Å². The molecular formula is C14H21N5O. The van der Waals surface area contributed by atoms with Gasteiger partial charge in [-0.25, -0.2) is 9.97 Å². The van der Waals surface area contributed by atoms with E-state index in [1.165, 1.54) is 0 Å². The van der Waals surface area contributed by atoms with Crippen molar-refractivity contribution in [2.24, 2.45) is 5.92 Å². The van der Waals surface area contributed by atoms with E-state index in [1.54, 1.807) is 6.33 Å². The molecule has 1 fully saturated rings. The zero-order valence-electron chi connectivity index (χ0n) is 12.0. The zero-order chi connectivity index (χ0) is 13.9. The maximum Gasteiger partial charge on any atom is 0.142 e. The average molecular weight is 275 g/mol. The Hall–Kier alpha value is -1.66. The first-order valence-electron chi connectivity index (χ1n) is 6.99. The molecule has 108 valence electrons. The van der Waals surface area contributed by atoms with Gasteiger partial charge in [0.05, 0.1) is 18.6 Å². The lowest BCUT2D eigenvalue weighted by molar-refractivity contribution is 0.113. The minimum Gasteiger partial charge on any atom is -0.379 e. The highest BCUT2D eigenvalue weighted by Gasteiger charge is 2.22. The van der Waals surface area contributed by atoms with Gasteiger partial charge < -0.3 is 19.5 Å². The van der Waals surface area contributed by atoms with Gasteiger partial charge in [0.2, 0.25) is 0 Å². The third kappa shape index (κ3) is 2.76. The Balaban J connectivity index is 1.86. The standard InChI is InChI=1S/C14H21N5O/c1-18(2)7-11-8-19(5-6-20-9-11)14-12-3-4-15-13(12)16-10-17-14/h3-4,10-11H,5-9H2,1-2H3,(H,15,16,17). The highest BCUT2D eigenvalue weighted by atomic mass is 16.5. The quantitative estimate of drug-likeness (QED) is 0.904. The first kappa shape index (κ1) is 13.3. The molecule has 3 heterocycles. The van der Waals surface area contributed by atoms with Crippen molar-refractivity contribution in [3.8, 4) is 0 Å². The minimum absolute atomic E-state index is 0.497. The van der Waals surface area contributed by atoms with Crippen LogP contribution in [0.5, 0.6) is 0 Å². The molecular weight excluding hydrogens is 254 g/mol. The SMILES string of the molecule is CN(C)CC1COCCN(c2ncnc3[nH]ccc23)C1. The molecule has 2 aromatic rings. The van der Waals surface area contributed by atoms with Gasteiger partial charge in [0.1, 0.15) is 17.8 Å². The van der Waals surface area contributed by atoms with Crippen molar-refractivity contribution in [1.29, 1.82) is 0 Å². The number of hydrogen-bond acceptors (Lipinski definition) is 5. The van der Waals surface area contributed by atoms with Crippen LogP contribution in [0.15, 0.2) is 18.6 Å². The molecule has 1 saturated heterocycles. The Kier molecular flexibility index (Phi) is 3.84. The van der Waals surface area contributed by atoms with Crippen LogP contribution in [0.2, 0.25) is 0 Å². The Morgan fingerprint density at radius 1 is 1.45 bits per heavy atom. The fourth-order valence-corrected chi connectivity index (χ4v) is 2.81. The van der Waals surface area contributed by atoms with Crippen molar-refractivity contribution in [2.45, 2.75) is 0 Å². The second kappa shape index (κ2) is 5.76. The predicted molar refractivity (Wildman–Crippen MR) is 79.0 cm³/mol. The number of hydrogen-bond donors (Lipinski definition) is 1. The number of aromatic amines is 1. The molecule has 0 bridgehead atoms. The molecule has 0 saturated carbocycles. The normalized spacial score (nSPS) is 20.6. The Morgan fingerprint density at radius 3 is 3.20 bits per heavy atom. The van der Waals surface area contributed by atoms with Crippen LogP contribution in [0.3, 0.4) is 0 Å². The van der Waals surface area contributed by atoms with Gasteiger partial charge in [-0.15, -0.1) is 0 Å². The summed E-state index contributed by atoms with van der Waals surface area (Å²) >= 11 is 0. The summed E-state index contributed by atoms with van der Waals surface area (Å²) in [5.41, 5.74) is 0.893. The van der Waals surface area contributed by atoms with Gasteiger partial charge in [0.25, 0.3) is 0 Å². The first-order valence-corrected chi connectivity index (χ1v) is 6.99. The average Bonchev–Trinajstić information content (AvgIpc) is 2.78. The van der Waals surface area contributed by atoms with Gasteiger partial charge in [0, 0.05) is 31.7 Å². The number of rotatable bonds is 3.